The Balaban J connectivity index is 1.61. The number of halogens is 4. The molecule has 1 heterocycles. The van der Waals surface area contributed by atoms with Crippen LogP contribution in [0.25, 0.3) is 0 Å². The minimum Gasteiger partial charge on any atom is -0.322 e. The molecule has 0 fully saturated rings. The third kappa shape index (κ3) is 4.50. The molecule has 4 rings (SSSR count). The van der Waals surface area contributed by atoms with E-state index in [9.17, 15) is 27.6 Å². The van der Waals surface area contributed by atoms with Crippen LogP contribution in [-0.4, -0.2) is 22.6 Å². The number of nitrogens with one attached hydrogen (secondary N) is 1. The molecule has 33 heavy (non-hydrogen) atoms. The molecule has 3 amide bonds. The molecule has 3 aromatic carbocycles. The number of imide groups is 1. The molecule has 0 aromatic heterocycles. The van der Waals surface area contributed by atoms with Crippen LogP contribution < -0.4 is 5.32 Å². The van der Waals surface area contributed by atoms with Crippen molar-refractivity contribution in [2.24, 2.45) is 0 Å². The van der Waals surface area contributed by atoms with E-state index < -0.39 is 36.0 Å². The van der Waals surface area contributed by atoms with Gasteiger partial charge in [0.05, 0.1) is 23.2 Å². The van der Waals surface area contributed by atoms with E-state index in [2.05, 4.69) is 27.9 Å². The number of carbonyl (C=O) groups is 3. The van der Waals surface area contributed by atoms with Gasteiger partial charge in [-0.25, -0.2) is 0 Å². The van der Waals surface area contributed by atoms with Crippen LogP contribution in [0.15, 0.2) is 60.7 Å². The predicted octanol–water partition coefficient (Wildman–Crippen LogP) is 5.67. The maximum Gasteiger partial charge on any atom is 0.416 e. The van der Waals surface area contributed by atoms with Gasteiger partial charge in [0, 0.05) is 14.8 Å². The van der Waals surface area contributed by atoms with E-state index in [4.69, 9.17) is 0 Å². The number of benzene rings is 3. The number of carbonyl (C=O) groups excluding carboxylic acids is 3. The van der Waals surface area contributed by atoms with Gasteiger partial charge in [0.2, 0.25) is 0 Å². The second kappa shape index (κ2) is 8.62. The molecule has 3 aromatic rings. The Morgan fingerprint density at radius 2 is 1.61 bits per heavy atom. The lowest BCUT2D eigenvalue weighted by Gasteiger charge is -2.19. The zero-order chi connectivity index (χ0) is 23.9. The number of nitrogens with zero attached hydrogens (tertiary/aromatic N) is 1. The topological polar surface area (TPSA) is 66.5 Å². The highest BCUT2D eigenvalue weighted by molar-refractivity contribution is 14.1. The second-order valence-corrected chi connectivity index (χ2v) is 8.69. The van der Waals surface area contributed by atoms with Crippen molar-refractivity contribution in [1.29, 1.82) is 0 Å². The number of amides is 3. The quantitative estimate of drug-likeness (QED) is 0.329. The summed E-state index contributed by atoms with van der Waals surface area (Å²) in [5.41, 5.74) is 0.280. The maximum absolute atomic E-state index is 13.8. The normalized spacial score (nSPS) is 13.3. The molecule has 0 saturated heterocycles. The number of aryl methyl sites for hydroxylation is 1. The highest BCUT2D eigenvalue weighted by atomic mass is 127. The van der Waals surface area contributed by atoms with Crippen molar-refractivity contribution in [3.05, 3.63) is 97.6 Å². The summed E-state index contributed by atoms with van der Waals surface area (Å²) in [7, 11) is 0. The van der Waals surface area contributed by atoms with E-state index in [0.29, 0.717) is 5.56 Å². The molecule has 1 N–H and O–H groups in total. The van der Waals surface area contributed by atoms with Crippen molar-refractivity contribution in [3.8, 4) is 0 Å². The monoisotopic (exact) mass is 564 g/mol. The van der Waals surface area contributed by atoms with Gasteiger partial charge in [-0.1, -0.05) is 24.3 Å². The average Bonchev–Trinajstić information content (AvgIpc) is 3.01. The molecular formula is C24H16F3IN2O3. The first-order valence-electron chi connectivity index (χ1n) is 9.79. The molecule has 0 bridgehead atoms. The van der Waals surface area contributed by atoms with Crippen LogP contribution in [0.2, 0.25) is 0 Å². The van der Waals surface area contributed by atoms with E-state index in [-0.39, 0.29) is 22.4 Å². The first-order valence-corrected chi connectivity index (χ1v) is 10.9. The van der Waals surface area contributed by atoms with Gasteiger partial charge in [-0.05, 0) is 77.0 Å². The number of hydrogen-bond donors (Lipinski definition) is 1. The Morgan fingerprint density at radius 3 is 2.18 bits per heavy atom. The largest absolute Gasteiger partial charge is 0.416 e. The molecule has 0 saturated carbocycles. The van der Waals surface area contributed by atoms with E-state index in [1.165, 1.54) is 24.3 Å². The fourth-order valence-corrected chi connectivity index (χ4v) is 4.06. The molecule has 0 radical (unpaired) electrons. The van der Waals surface area contributed by atoms with E-state index >= 15 is 0 Å². The van der Waals surface area contributed by atoms with Crippen LogP contribution in [0.1, 0.15) is 47.8 Å². The van der Waals surface area contributed by atoms with Crippen molar-refractivity contribution >= 4 is 46.0 Å². The summed E-state index contributed by atoms with van der Waals surface area (Å²) in [5.74, 6) is -1.83. The summed E-state index contributed by atoms with van der Waals surface area (Å²) < 4.78 is 42.3. The summed E-state index contributed by atoms with van der Waals surface area (Å²) in [6, 6.07) is 14.4. The van der Waals surface area contributed by atoms with Gasteiger partial charge in [-0.2, -0.15) is 13.2 Å². The van der Waals surface area contributed by atoms with Gasteiger partial charge in [0.1, 0.15) is 0 Å². The number of fused-ring (bicyclic) bond motifs is 1. The Labute approximate surface area is 200 Å². The predicted molar refractivity (Wildman–Crippen MR) is 124 cm³/mol. The van der Waals surface area contributed by atoms with Crippen molar-refractivity contribution in [3.63, 3.8) is 0 Å². The third-order valence-corrected chi connectivity index (χ3v) is 6.48. The molecule has 168 valence electrons. The van der Waals surface area contributed by atoms with Crippen LogP contribution in [0.4, 0.5) is 18.9 Å². The van der Waals surface area contributed by atoms with Crippen molar-refractivity contribution < 1.29 is 27.6 Å². The molecule has 5 nitrogen and oxygen atoms in total. The Kier molecular flexibility index (Phi) is 6.00. The number of anilines is 1. The lowest BCUT2D eigenvalue weighted by Crippen LogP contribution is -2.30. The minimum absolute atomic E-state index is 0.0472. The van der Waals surface area contributed by atoms with Crippen molar-refractivity contribution in [2.75, 3.05) is 5.32 Å². The molecule has 1 aliphatic rings. The second-order valence-electron chi connectivity index (χ2n) is 7.53. The molecule has 0 unspecified atom stereocenters. The van der Waals surface area contributed by atoms with Crippen molar-refractivity contribution in [2.45, 2.75) is 19.6 Å². The van der Waals surface area contributed by atoms with Gasteiger partial charge in [-0.3, -0.25) is 19.3 Å². The minimum atomic E-state index is -4.76. The summed E-state index contributed by atoms with van der Waals surface area (Å²) in [6.07, 6.45) is -4.76. The molecule has 0 atom stereocenters. The summed E-state index contributed by atoms with van der Waals surface area (Å²) in [5, 5.41) is 2.48. The standard InChI is InChI=1S/C24H16F3IN2O3/c1-13-6-7-14(10-20(13)28)21(31)29-16-9-8-15(19(11-16)24(25,26)27)12-30-22(32)17-4-2-3-5-18(17)23(30)33/h2-11H,12H2,1H3,(H,29,31). The summed E-state index contributed by atoms with van der Waals surface area (Å²) in [4.78, 5) is 38.4. The lowest BCUT2D eigenvalue weighted by molar-refractivity contribution is -0.138. The van der Waals surface area contributed by atoms with Crippen molar-refractivity contribution in [1.82, 2.24) is 4.90 Å². The lowest BCUT2D eigenvalue weighted by atomic mass is 10.0. The molecule has 1 aliphatic heterocycles. The molecule has 9 heteroatoms. The zero-order valence-electron chi connectivity index (χ0n) is 17.2. The highest BCUT2D eigenvalue weighted by Crippen LogP contribution is 2.36. The Morgan fingerprint density at radius 1 is 0.970 bits per heavy atom. The third-order valence-electron chi connectivity index (χ3n) is 5.31. The molecule has 0 spiro atoms. The van der Waals surface area contributed by atoms with Crippen LogP contribution >= 0.6 is 22.6 Å². The van der Waals surface area contributed by atoms with Gasteiger partial charge in [0.15, 0.2) is 0 Å². The van der Waals surface area contributed by atoms with Crippen LogP contribution in [0, 0.1) is 10.5 Å². The fourth-order valence-electron chi connectivity index (χ4n) is 3.55. The van der Waals surface area contributed by atoms with Gasteiger partial charge in [-0.15, -0.1) is 0 Å². The Bertz CT molecular complexity index is 1270. The number of hydrogen-bond acceptors (Lipinski definition) is 3. The average molecular weight is 564 g/mol. The SMILES string of the molecule is Cc1ccc(C(=O)Nc2ccc(CN3C(=O)c4ccccc4C3=O)c(C(F)(F)F)c2)cc1I. The zero-order valence-corrected chi connectivity index (χ0v) is 19.3. The summed E-state index contributed by atoms with van der Waals surface area (Å²) in [6.45, 7) is 1.34. The fraction of sp³-hybridized carbons (Fsp3) is 0.125. The van der Waals surface area contributed by atoms with Gasteiger partial charge >= 0.3 is 6.18 Å². The van der Waals surface area contributed by atoms with Crippen LogP contribution in [-0.2, 0) is 12.7 Å². The van der Waals surface area contributed by atoms with Gasteiger partial charge < -0.3 is 5.32 Å². The molecule has 0 aliphatic carbocycles. The van der Waals surface area contributed by atoms with Crippen LogP contribution in [0.5, 0.6) is 0 Å². The van der Waals surface area contributed by atoms with Crippen LogP contribution in [0.3, 0.4) is 0 Å². The number of alkyl halides is 3. The smallest absolute Gasteiger partial charge is 0.322 e. The van der Waals surface area contributed by atoms with Gasteiger partial charge in [0.25, 0.3) is 17.7 Å². The highest BCUT2D eigenvalue weighted by Gasteiger charge is 2.38. The Hall–Kier alpha value is -3.21. The summed E-state index contributed by atoms with van der Waals surface area (Å²) >= 11 is 2.07. The van der Waals surface area contributed by atoms with E-state index in [0.717, 1.165) is 20.1 Å². The van der Waals surface area contributed by atoms with E-state index in [1.807, 2.05) is 6.92 Å². The van der Waals surface area contributed by atoms with E-state index in [1.54, 1.807) is 30.3 Å². The maximum atomic E-state index is 13.8. The number of rotatable bonds is 4. The molecular weight excluding hydrogens is 548 g/mol. The first-order chi connectivity index (χ1) is 15.6. The first kappa shape index (κ1) is 23.0.